The van der Waals surface area contributed by atoms with Crippen LogP contribution in [0, 0.1) is 0 Å². The van der Waals surface area contributed by atoms with Crippen LogP contribution in [0.3, 0.4) is 0 Å². The summed E-state index contributed by atoms with van der Waals surface area (Å²) in [6, 6.07) is 5.27. The average Bonchev–Trinajstić information content (AvgIpc) is 2.56. The van der Waals surface area contributed by atoms with Crippen molar-refractivity contribution in [3.63, 3.8) is 0 Å². The Bertz CT molecular complexity index is 547. The first-order valence-corrected chi connectivity index (χ1v) is 7.19. The number of rotatable bonds is 2. The van der Waals surface area contributed by atoms with Gasteiger partial charge >= 0.3 is 0 Å². The van der Waals surface area contributed by atoms with E-state index in [1.807, 2.05) is 6.07 Å². The first kappa shape index (κ1) is 15.5. The maximum atomic E-state index is 10.3. The van der Waals surface area contributed by atoms with Gasteiger partial charge in [-0.2, -0.15) is 0 Å². The van der Waals surface area contributed by atoms with Gasteiger partial charge in [0.15, 0.2) is 0 Å². The zero-order chi connectivity index (χ0) is 15.9. The first-order chi connectivity index (χ1) is 10.5. The quantitative estimate of drug-likeness (QED) is 0.565. The van der Waals surface area contributed by atoms with Gasteiger partial charge in [0.2, 0.25) is 5.79 Å². The molecule has 2 heterocycles. The normalized spacial score (nSPS) is 37.5. The highest BCUT2D eigenvalue weighted by Gasteiger charge is 2.56. The molecule has 0 saturated carbocycles. The molecule has 7 heteroatoms. The number of hydrogen-bond acceptors (Lipinski definition) is 7. The van der Waals surface area contributed by atoms with E-state index in [1.165, 1.54) is 0 Å². The molecule has 3 rings (SSSR count). The summed E-state index contributed by atoms with van der Waals surface area (Å²) in [6.45, 7) is -0.481. The van der Waals surface area contributed by atoms with Crippen LogP contribution in [0.2, 0.25) is 0 Å². The molecule has 1 aromatic carbocycles. The van der Waals surface area contributed by atoms with Crippen LogP contribution < -0.4 is 9.47 Å². The fraction of sp³-hybridized carbons (Fsp3) is 0.600. The highest BCUT2D eigenvalue weighted by atomic mass is 16.7. The van der Waals surface area contributed by atoms with Crippen molar-refractivity contribution in [1.82, 2.24) is 0 Å². The van der Waals surface area contributed by atoms with Gasteiger partial charge in [-0.05, 0) is 30.2 Å². The van der Waals surface area contributed by atoms with Gasteiger partial charge in [-0.1, -0.05) is 0 Å². The molecule has 2 aliphatic heterocycles. The Morgan fingerprint density at radius 1 is 1.27 bits per heavy atom. The minimum absolute atomic E-state index is 0.286. The Balaban J connectivity index is 1.90. The van der Waals surface area contributed by atoms with Crippen molar-refractivity contribution in [2.75, 3.05) is 13.7 Å². The van der Waals surface area contributed by atoms with Crippen LogP contribution in [-0.4, -0.2) is 64.3 Å². The largest absolute Gasteiger partial charge is 0.497 e. The second-order valence-corrected chi connectivity index (χ2v) is 5.65. The van der Waals surface area contributed by atoms with Crippen molar-refractivity contribution in [3.8, 4) is 11.5 Å². The van der Waals surface area contributed by atoms with Crippen molar-refractivity contribution in [2.24, 2.45) is 0 Å². The molecule has 1 saturated heterocycles. The molecule has 0 unspecified atom stereocenters. The van der Waals surface area contributed by atoms with Crippen LogP contribution in [0.5, 0.6) is 11.5 Å². The number of aliphatic hydroxyl groups is 4. The standard InChI is InChI=1S/C15H20O7/c1-20-9-2-3-10-8(6-9)4-5-15(21-10)14(19)13(18)12(17)11(7-16)22-15/h2-3,6,11-14,16-19H,4-5,7H2,1H3/t11-,12+,13+,14-,15+/m1/s1. The molecule has 0 aliphatic carbocycles. The predicted molar refractivity (Wildman–Crippen MR) is 74.7 cm³/mol. The van der Waals surface area contributed by atoms with Crippen molar-refractivity contribution < 1.29 is 34.6 Å². The number of benzene rings is 1. The van der Waals surface area contributed by atoms with Crippen molar-refractivity contribution in [3.05, 3.63) is 23.8 Å². The Morgan fingerprint density at radius 2 is 2.05 bits per heavy atom. The Morgan fingerprint density at radius 3 is 2.73 bits per heavy atom. The minimum Gasteiger partial charge on any atom is -0.497 e. The van der Waals surface area contributed by atoms with Crippen LogP contribution in [0.1, 0.15) is 12.0 Å². The molecular formula is C15H20O7. The second-order valence-electron chi connectivity index (χ2n) is 5.65. The van der Waals surface area contributed by atoms with Gasteiger partial charge in [0.1, 0.15) is 35.9 Å². The third-order valence-electron chi connectivity index (χ3n) is 4.33. The SMILES string of the molecule is COc1ccc2c(c1)CC[C@]1(O2)O[C@H](CO)[C@H](O)[C@H](O)[C@H]1O. The Labute approximate surface area is 127 Å². The molecule has 22 heavy (non-hydrogen) atoms. The summed E-state index contributed by atoms with van der Waals surface area (Å²) in [7, 11) is 1.57. The van der Waals surface area contributed by atoms with E-state index in [4.69, 9.17) is 14.2 Å². The number of fused-ring (bicyclic) bond motifs is 1. The van der Waals surface area contributed by atoms with E-state index in [0.717, 1.165) is 5.56 Å². The summed E-state index contributed by atoms with van der Waals surface area (Å²) in [4.78, 5) is 0. The van der Waals surface area contributed by atoms with Crippen LogP contribution >= 0.6 is 0 Å². The number of aryl methyl sites for hydroxylation is 1. The second kappa shape index (κ2) is 5.68. The van der Waals surface area contributed by atoms with Crippen LogP contribution in [0.25, 0.3) is 0 Å². The smallest absolute Gasteiger partial charge is 0.240 e. The Kier molecular flexibility index (Phi) is 4.00. The van der Waals surface area contributed by atoms with Crippen LogP contribution in [0.15, 0.2) is 18.2 Å². The van der Waals surface area contributed by atoms with E-state index in [-0.39, 0.29) is 6.42 Å². The zero-order valence-corrected chi connectivity index (χ0v) is 12.2. The van der Waals surface area contributed by atoms with E-state index in [0.29, 0.717) is 17.9 Å². The molecule has 1 aromatic rings. The lowest BCUT2D eigenvalue weighted by molar-refractivity contribution is -0.342. The maximum absolute atomic E-state index is 10.3. The lowest BCUT2D eigenvalue weighted by Gasteiger charge is -2.49. The van der Waals surface area contributed by atoms with Crippen LogP contribution in [-0.2, 0) is 11.2 Å². The third kappa shape index (κ3) is 2.35. The summed E-state index contributed by atoms with van der Waals surface area (Å²) < 4.78 is 16.6. The monoisotopic (exact) mass is 312 g/mol. The topological polar surface area (TPSA) is 109 Å². The molecule has 0 aromatic heterocycles. The van der Waals surface area contributed by atoms with E-state index in [9.17, 15) is 20.4 Å². The highest BCUT2D eigenvalue weighted by Crippen LogP contribution is 2.42. The molecular weight excluding hydrogens is 292 g/mol. The van der Waals surface area contributed by atoms with E-state index >= 15 is 0 Å². The Hall–Kier alpha value is -1.38. The number of aliphatic hydroxyl groups excluding tert-OH is 4. The molecule has 1 spiro atoms. The number of methoxy groups -OCH3 is 1. The average molecular weight is 312 g/mol. The molecule has 0 amide bonds. The van der Waals surface area contributed by atoms with Gasteiger partial charge < -0.3 is 34.6 Å². The fourth-order valence-electron chi connectivity index (χ4n) is 3.02. The van der Waals surface area contributed by atoms with Crippen molar-refractivity contribution >= 4 is 0 Å². The van der Waals surface area contributed by atoms with Gasteiger partial charge in [0.25, 0.3) is 0 Å². The number of ether oxygens (including phenoxy) is 3. The lowest BCUT2D eigenvalue weighted by atomic mass is 9.87. The van der Waals surface area contributed by atoms with Crippen molar-refractivity contribution in [2.45, 2.75) is 43.0 Å². The van der Waals surface area contributed by atoms with Gasteiger partial charge in [-0.15, -0.1) is 0 Å². The summed E-state index contributed by atoms with van der Waals surface area (Å²) in [5.74, 6) is -0.258. The number of hydrogen-bond donors (Lipinski definition) is 4. The molecule has 5 atom stereocenters. The molecule has 122 valence electrons. The molecule has 2 aliphatic rings. The summed E-state index contributed by atoms with van der Waals surface area (Å²) in [5.41, 5.74) is 0.905. The fourth-order valence-corrected chi connectivity index (χ4v) is 3.02. The zero-order valence-electron chi connectivity index (χ0n) is 12.2. The van der Waals surface area contributed by atoms with Gasteiger partial charge in [-0.25, -0.2) is 0 Å². The summed E-state index contributed by atoms with van der Waals surface area (Å²) in [6.07, 6.45) is -4.42. The molecule has 4 N–H and O–H groups in total. The summed E-state index contributed by atoms with van der Waals surface area (Å²) in [5, 5.41) is 39.4. The van der Waals surface area contributed by atoms with E-state index < -0.39 is 36.8 Å². The minimum atomic E-state index is -1.48. The highest BCUT2D eigenvalue weighted by molar-refractivity contribution is 5.42. The molecule has 0 bridgehead atoms. The van der Waals surface area contributed by atoms with E-state index in [1.54, 1.807) is 19.2 Å². The van der Waals surface area contributed by atoms with Gasteiger partial charge in [-0.3, -0.25) is 0 Å². The molecule has 7 nitrogen and oxygen atoms in total. The third-order valence-corrected chi connectivity index (χ3v) is 4.33. The summed E-state index contributed by atoms with van der Waals surface area (Å²) >= 11 is 0. The lowest BCUT2D eigenvalue weighted by Crippen LogP contribution is -2.68. The van der Waals surface area contributed by atoms with Crippen molar-refractivity contribution in [1.29, 1.82) is 0 Å². The molecule has 1 fully saturated rings. The first-order valence-electron chi connectivity index (χ1n) is 7.19. The van der Waals surface area contributed by atoms with Crippen LogP contribution in [0.4, 0.5) is 0 Å². The maximum Gasteiger partial charge on any atom is 0.240 e. The predicted octanol–water partition coefficient (Wildman–Crippen LogP) is -0.810. The van der Waals surface area contributed by atoms with E-state index in [2.05, 4.69) is 0 Å². The van der Waals surface area contributed by atoms with Gasteiger partial charge in [0, 0.05) is 6.42 Å². The molecule has 0 radical (unpaired) electrons. The van der Waals surface area contributed by atoms with Gasteiger partial charge in [0.05, 0.1) is 13.7 Å².